The molecule has 0 unspecified atom stereocenters. The van der Waals surface area contributed by atoms with E-state index in [4.69, 9.17) is 9.84 Å². The molecule has 7 aromatic heterocycles. The van der Waals surface area contributed by atoms with E-state index in [1.807, 2.05) is 93.1 Å². The molecule has 1 aliphatic heterocycles. The van der Waals surface area contributed by atoms with Crippen molar-refractivity contribution in [2.24, 2.45) is 4.99 Å². The SMILES string of the molecule is COC(=O)c1ccc(-n2ccnc2)c(C#Cc2ccncc2)c1.COC(=O)c1ccc(-n2ccnc2)c(I)c1.O=C(CCCCC1=CCN=C1)c1ccc(-n2ccnc2)c(C#Cc2ccncc2)c1.O=C(O)c1ccc(-n2ccnc2)c(C#Cc2ccncc2)c1. The second-order valence-corrected chi connectivity index (χ2v) is 20.6. The summed E-state index contributed by atoms with van der Waals surface area (Å²) in [5, 5.41) is 9.14. The van der Waals surface area contributed by atoms with Crippen LogP contribution in [0.25, 0.3) is 22.7 Å². The number of allylic oxidation sites excluding steroid dienone is 1. The Labute approximate surface area is 538 Å². The van der Waals surface area contributed by atoms with Gasteiger partial charge in [-0.2, -0.15) is 0 Å². The second kappa shape index (κ2) is 32.7. The van der Waals surface area contributed by atoms with Gasteiger partial charge in [-0.1, -0.05) is 41.6 Å². The molecule has 0 atom stereocenters. The number of carboxylic acid groups (broad SMARTS) is 1. The minimum atomic E-state index is -0.982. The first-order valence-corrected chi connectivity index (χ1v) is 29.1. The number of halogens is 1. The number of hydrogen-bond acceptors (Lipinski definition) is 14. The Kier molecular flexibility index (Phi) is 22.8. The number of rotatable bonds is 13. The van der Waals surface area contributed by atoms with Crippen molar-refractivity contribution >= 4 is 52.5 Å². The molecule has 0 aliphatic carbocycles. The Hall–Kier alpha value is -11.9. The lowest BCUT2D eigenvalue weighted by molar-refractivity contribution is 0.0592. The molecule has 4 aromatic carbocycles. The van der Waals surface area contributed by atoms with Gasteiger partial charge in [-0.15, -0.1) is 0 Å². The van der Waals surface area contributed by atoms with Crippen LogP contribution in [0.5, 0.6) is 0 Å². The van der Waals surface area contributed by atoms with Gasteiger partial charge in [0.15, 0.2) is 5.78 Å². The Morgan fingerprint density at radius 3 is 1.23 bits per heavy atom. The van der Waals surface area contributed by atoms with Gasteiger partial charge >= 0.3 is 17.9 Å². The molecule has 12 rings (SSSR count). The number of imidazole rings is 4. The number of esters is 2. The fourth-order valence-electron chi connectivity index (χ4n) is 8.75. The van der Waals surface area contributed by atoms with Crippen LogP contribution in [0.4, 0.5) is 0 Å². The minimum absolute atomic E-state index is 0.146. The highest BCUT2D eigenvalue weighted by atomic mass is 127. The Morgan fingerprint density at radius 2 is 0.846 bits per heavy atom. The zero-order valence-electron chi connectivity index (χ0n) is 49.1. The number of pyridine rings is 3. The van der Waals surface area contributed by atoms with Crippen molar-refractivity contribution < 1.29 is 33.8 Å². The van der Waals surface area contributed by atoms with E-state index in [-0.39, 0.29) is 17.3 Å². The molecular weight excluding hydrogens is 1260 g/mol. The number of aromatic nitrogens is 11. The first-order chi connectivity index (χ1) is 44.5. The lowest BCUT2D eigenvalue weighted by Gasteiger charge is -2.08. The van der Waals surface area contributed by atoms with Crippen LogP contribution in [-0.2, 0) is 9.47 Å². The third kappa shape index (κ3) is 18.3. The number of carbonyl (C=O) groups is 4. The van der Waals surface area contributed by atoms with Crippen LogP contribution in [0.3, 0.4) is 0 Å². The van der Waals surface area contributed by atoms with E-state index < -0.39 is 11.9 Å². The van der Waals surface area contributed by atoms with Gasteiger partial charge in [0.2, 0.25) is 0 Å². The van der Waals surface area contributed by atoms with Gasteiger partial charge in [-0.05, 0) is 157 Å². The summed E-state index contributed by atoms with van der Waals surface area (Å²) in [6.45, 7) is 0.792. The van der Waals surface area contributed by atoms with E-state index in [1.54, 1.807) is 153 Å². The number of Topliss-reactive ketones (excluding diaryl/α,β-unsaturated/α-hetero) is 1. The van der Waals surface area contributed by atoms with Crippen LogP contribution in [0.2, 0.25) is 0 Å². The first kappa shape index (κ1) is 63.6. The van der Waals surface area contributed by atoms with Crippen LogP contribution < -0.4 is 0 Å². The maximum absolute atomic E-state index is 12.7. The van der Waals surface area contributed by atoms with Gasteiger partial charge in [0.1, 0.15) is 0 Å². The molecule has 0 bridgehead atoms. The highest BCUT2D eigenvalue weighted by molar-refractivity contribution is 14.1. The molecule has 0 amide bonds. The number of ether oxygens (including phenoxy) is 2. The second-order valence-electron chi connectivity index (χ2n) is 19.4. The number of benzene rings is 4. The highest BCUT2D eigenvalue weighted by Gasteiger charge is 2.14. The third-order valence-electron chi connectivity index (χ3n) is 13.4. The fourth-order valence-corrected chi connectivity index (χ4v) is 9.54. The first-order valence-electron chi connectivity index (χ1n) is 28.1. The molecule has 19 nitrogen and oxygen atoms in total. The van der Waals surface area contributed by atoms with Crippen LogP contribution in [0.15, 0.2) is 238 Å². The molecular formula is C71H55IN12O7. The van der Waals surface area contributed by atoms with Crippen LogP contribution >= 0.6 is 22.6 Å². The molecule has 0 fully saturated rings. The van der Waals surface area contributed by atoms with Crippen LogP contribution in [-0.4, -0.2) is 109 Å². The quantitative estimate of drug-likeness (QED) is 0.0372. The lowest BCUT2D eigenvalue weighted by Crippen LogP contribution is -2.03. The summed E-state index contributed by atoms with van der Waals surface area (Å²) in [7, 11) is 2.73. The summed E-state index contributed by atoms with van der Waals surface area (Å²) in [6, 6.07) is 32.2. The van der Waals surface area contributed by atoms with E-state index in [1.165, 1.54) is 19.8 Å². The number of hydrogen-bond donors (Lipinski definition) is 1. The summed E-state index contributed by atoms with van der Waals surface area (Å²) in [6.07, 6.45) is 38.5. The maximum Gasteiger partial charge on any atom is 0.337 e. The van der Waals surface area contributed by atoms with Gasteiger partial charge < -0.3 is 32.8 Å². The molecule has 448 valence electrons. The molecule has 20 heteroatoms. The van der Waals surface area contributed by atoms with E-state index >= 15 is 0 Å². The predicted molar refractivity (Wildman–Crippen MR) is 352 cm³/mol. The van der Waals surface area contributed by atoms with Gasteiger partial charge in [-0.3, -0.25) is 24.7 Å². The summed E-state index contributed by atoms with van der Waals surface area (Å²) >= 11 is 2.18. The summed E-state index contributed by atoms with van der Waals surface area (Å²) in [5.74, 6) is 17.0. The average molecular weight is 1320 g/mol. The molecule has 11 aromatic rings. The molecule has 0 spiro atoms. The number of nitrogens with zero attached hydrogens (tertiary/aromatic N) is 12. The Morgan fingerprint density at radius 1 is 0.462 bits per heavy atom. The number of aromatic carboxylic acids is 1. The maximum atomic E-state index is 12.7. The Balaban J connectivity index is 0.000000147. The molecule has 91 heavy (non-hydrogen) atoms. The van der Waals surface area contributed by atoms with Gasteiger partial charge in [0, 0.05) is 142 Å². The summed E-state index contributed by atoms with van der Waals surface area (Å²) < 4.78 is 17.8. The largest absolute Gasteiger partial charge is 0.478 e. The Bertz CT molecular complexity index is 4520. The molecule has 1 N–H and O–H groups in total. The molecule has 1 aliphatic rings. The van der Waals surface area contributed by atoms with Crippen molar-refractivity contribution in [3.05, 3.63) is 292 Å². The number of carbonyl (C=O) groups excluding carboxylic acids is 3. The number of ketones is 1. The van der Waals surface area contributed by atoms with Crippen molar-refractivity contribution in [3.8, 4) is 58.3 Å². The van der Waals surface area contributed by atoms with Crippen molar-refractivity contribution in [2.45, 2.75) is 25.7 Å². The topological polar surface area (TPSA) is 229 Å². The van der Waals surface area contributed by atoms with E-state index in [0.717, 1.165) is 74.4 Å². The van der Waals surface area contributed by atoms with Crippen molar-refractivity contribution in [1.82, 2.24) is 53.2 Å². The number of methoxy groups -OCH3 is 2. The van der Waals surface area contributed by atoms with Crippen molar-refractivity contribution in [2.75, 3.05) is 20.8 Å². The van der Waals surface area contributed by atoms with E-state index in [9.17, 15) is 19.2 Å². The van der Waals surface area contributed by atoms with E-state index in [2.05, 4.69) is 109 Å². The highest BCUT2D eigenvalue weighted by Crippen LogP contribution is 2.23. The van der Waals surface area contributed by atoms with Gasteiger partial charge in [0.05, 0.1) is 85.5 Å². The molecule has 0 saturated carbocycles. The number of aliphatic imine (C=N–C) groups is 1. The fraction of sp³-hybridized carbons (Fsp3) is 0.0986. The van der Waals surface area contributed by atoms with Gasteiger partial charge in [0.25, 0.3) is 0 Å². The number of unbranched alkanes of at least 4 members (excludes halogenated alkanes) is 1. The standard InChI is InChI=1S/C25H22N4O.C18H13N3O2.C17H11N3O2.C11H9IN2O2/c30-25(4-2-1-3-21-11-14-27-18-21)23-7-8-24(29-16-15-28-19-29)22(17-23)6-5-20-9-12-26-13-10-20;1-23-18(22)16-4-5-17(21-11-10-20-13-21)15(12-16)3-2-14-6-8-19-9-7-14;21-17(22)15-3-4-16(20-10-9-19-12-20)14(11-15)2-1-13-5-7-18-8-6-13;1-16-11(15)8-2-3-10(9(12)6-8)14-5-4-13-7-14/h7-13,15-19H,1-4,14H2;4-13H,1H3;3-12H,(H,21,22);2-7H,1H3. The zero-order chi connectivity index (χ0) is 63.6. The summed E-state index contributed by atoms with van der Waals surface area (Å²) in [4.78, 5) is 79.2. The predicted octanol–water partition coefficient (Wildman–Crippen LogP) is 11.5. The smallest absolute Gasteiger partial charge is 0.337 e. The normalized spacial score (nSPS) is 10.7. The van der Waals surface area contributed by atoms with Gasteiger partial charge in [-0.25, -0.2) is 34.3 Å². The number of carboxylic acids is 1. The van der Waals surface area contributed by atoms with Crippen molar-refractivity contribution in [3.63, 3.8) is 0 Å². The third-order valence-corrected chi connectivity index (χ3v) is 14.2. The molecule has 0 radical (unpaired) electrons. The summed E-state index contributed by atoms with van der Waals surface area (Å²) in [5.41, 5.74) is 11.4. The van der Waals surface area contributed by atoms with Crippen LogP contribution in [0.1, 0.15) is 100 Å². The monoisotopic (exact) mass is 1310 g/mol. The zero-order valence-corrected chi connectivity index (χ0v) is 51.3. The molecule has 0 saturated heterocycles. The lowest BCUT2D eigenvalue weighted by atomic mass is 10.00. The van der Waals surface area contributed by atoms with Crippen LogP contribution in [0, 0.1) is 39.1 Å². The van der Waals surface area contributed by atoms with Crippen molar-refractivity contribution in [1.29, 1.82) is 0 Å². The average Bonchev–Trinajstić information content (AvgIpc) is 2.36. The minimum Gasteiger partial charge on any atom is -0.478 e. The molecule has 8 heterocycles. The van der Waals surface area contributed by atoms with E-state index in [0.29, 0.717) is 34.2 Å².